The van der Waals surface area contributed by atoms with Crippen LogP contribution in [0.15, 0.2) is 68.6 Å². The number of furan rings is 1. The summed E-state index contributed by atoms with van der Waals surface area (Å²) in [5.41, 5.74) is 0.194. The largest absolute Gasteiger partial charge is 0.449 e. The van der Waals surface area contributed by atoms with Gasteiger partial charge in [0, 0.05) is 17.5 Å². The highest BCUT2D eigenvalue weighted by Crippen LogP contribution is 2.26. The van der Waals surface area contributed by atoms with Crippen molar-refractivity contribution in [2.24, 2.45) is 0 Å². The fourth-order valence-electron chi connectivity index (χ4n) is 4.19. The van der Waals surface area contributed by atoms with Gasteiger partial charge in [-0.1, -0.05) is 30.3 Å². The van der Waals surface area contributed by atoms with Crippen molar-refractivity contribution in [1.29, 1.82) is 0 Å². The molecule has 0 aliphatic rings. The second kappa shape index (κ2) is 7.91. The maximum atomic E-state index is 13.6. The normalized spacial score (nSPS) is 11.7. The van der Waals surface area contributed by atoms with Crippen LogP contribution in [0.2, 0.25) is 0 Å². The Bertz CT molecular complexity index is 1370. The van der Waals surface area contributed by atoms with E-state index in [2.05, 4.69) is 0 Å². The van der Waals surface area contributed by atoms with Gasteiger partial charge < -0.3 is 9.32 Å². The second-order valence-electron chi connectivity index (χ2n) is 8.11. The number of rotatable bonds is 5. The molecular weight excluding hydrogens is 394 g/mol. The van der Waals surface area contributed by atoms with Gasteiger partial charge in [-0.3, -0.25) is 14.2 Å². The Morgan fingerprint density at radius 2 is 1.55 bits per heavy atom. The Hall–Kier alpha value is -3.61. The van der Waals surface area contributed by atoms with E-state index >= 15 is 0 Å². The van der Waals surface area contributed by atoms with E-state index in [0.717, 1.165) is 4.57 Å². The number of hydrogen-bond donors (Lipinski definition) is 0. The summed E-state index contributed by atoms with van der Waals surface area (Å²) in [5.74, 6) is -0.197. The van der Waals surface area contributed by atoms with Gasteiger partial charge in [0.2, 0.25) is 11.5 Å². The van der Waals surface area contributed by atoms with Crippen LogP contribution in [0.5, 0.6) is 0 Å². The third-order valence-corrected chi connectivity index (χ3v) is 5.37. The molecule has 2 aromatic carbocycles. The van der Waals surface area contributed by atoms with E-state index in [1.54, 1.807) is 53.4 Å². The maximum absolute atomic E-state index is 13.6. The first kappa shape index (κ1) is 20.7. The van der Waals surface area contributed by atoms with Crippen LogP contribution in [0.3, 0.4) is 0 Å². The monoisotopic (exact) mass is 419 g/mol. The average Bonchev–Trinajstić information content (AvgIpc) is 3.11. The Labute approximate surface area is 179 Å². The molecular formula is C24H25N3O4. The van der Waals surface area contributed by atoms with Crippen molar-refractivity contribution in [3.63, 3.8) is 0 Å². The first-order valence-corrected chi connectivity index (χ1v) is 10.3. The van der Waals surface area contributed by atoms with E-state index in [1.807, 2.05) is 33.8 Å². The Balaban J connectivity index is 2.04. The van der Waals surface area contributed by atoms with Crippen molar-refractivity contribution in [1.82, 2.24) is 14.0 Å². The van der Waals surface area contributed by atoms with Crippen LogP contribution < -0.4 is 11.2 Å². The van der Waals surface area contributed by atoms with Crippen LogP contribution in [0.4, 0.5) is 0 Å². The zero-order chi connectivity index (χ0) is 22.3. The Morgan fingerprint density at radius 3 is 2.19 bits per heavy atom. The molecule has 0 fully saturated rings. The predicted molar refractivity (Wildman–Crippen MR) is 121 cm³/mol. The second-order valence-corrected chi connectivity index (χ2v) is 8.11. The van der Waals surface area contributed by atoms with Crippen molar-refractivity contribution in [3.8, 4) is 5.69 Å². The van der Waals surface area contributed by atoms with E-state index in [9.17, 15) is 14.4 Å². The number of hydrogen-bond acceptors (Lipinski definition) is 4. The minimum Gasteiger partial charge on any atom is -0.449 e. The van der Waals surface area contributed by atoms with Crippen molar-refractivity contribution < 1.29 is 9.21 Å². The molecule has 0 aliphatic heterocycles. The number of amides is 1. The number of benzene rings is 2. The van der Waals surface area contributed by atoms with Gasteiger partial charge in [0.15, 0.2) is 0 Å². The Morgan fingerprint density at radius 1 is 0.935 bits per heavy atom. The van der Waals surface area contributed by atoms with Crippen LogP contribution in [-0.2, 0) is 11.3 Å². The molecule has 0 aliphatic carbocycles. The molecule has 4 aromatic rings. The van der Waals surface area contributed by atoms with Gasteiger partial charge in [0.25, 0.3) is 0 Å². The number of carbonyl (C=O) groups is 1. The lowest BCUT2D eigenvalue weighted by molar-refractivity contribution is -0.135. The molecule has 0 saturated carbocycles. The van der Waals surface area contributed by atoms with E-state index in [0.29, 0.717) is 22.2 Å². The number of para-hydroxylation sites is 2. The molecule has 0 unspecified atom stereocenters. The summed E-state index contributed by atoms with van der Waals surface area (Å²) in [6.07, 6.45) is 0. The third kappa shape index (κ3) is 3.46. The highest BCUT2D eigenvalue weighted by Gasteiger charge is 2.25. The zero-order valence-corrected chi connectivity index (χ0v) is 18.0. The molecule has 0 bridgehead atoms. The van der Waals surface area contributed by atoms with Crippen LogP contribution in [-0.4, -0.2) is 32.0 Å². The molecule has 160 valence electrons. The number of carbonyl (C=O) groups excluding carboxylic acids is 1. The fourth-order valence-corrected chi connectivity index (χ4v) is 4.19. The summed E-state index contributed by atoms with van der Waals surface area (Å²) in [4.78, 5) is 41.8. The molecule has 31 heavy (non-hydrogen) atoms. The highest BCUT2D eigenvalue weighted by atomic mass is 16.3. The lowest BCUT2D eigenvalue weighted by Gasteiger charge is -2.31. The molecule has 7 heteroatoms. The van der Waals surface area contributed by atoms with Gasteiger partial charge in [-0.25, -0.2) is 9.36 Å². The predicted octanol–water partition coefficient (Wildman–Crippen LogP) is 3.54. The van der Waals surface area contributed by atoms with Crippen LogP contribution in [0.1, 0.15) is 27.7 Å². The van der Waals surface area contributed by atoms with Gasteiger partial charge >= 0.3 is 11.2 Å². The van der Waals surface area contributed by atoms with E-state index in [4.69, 9.17) is 4.42 Å². The molecule has 0 spiro atoms. The summed E-state index contributed by atoms with van der Waals surface area (Å²) in [6, 6.07) is 15.7. The zero-order valence-electron chi connectivity index (χ0n) is 18.0. The molecule has 0 atom stereocenters. The van der Waals surface area contributed by atoms with Gasteiger partial charge in [0.05, 0.1) is 5.69 Å². The minimum absolute atomic E-state index is 0.0279. The molecule has 1 amide bonds. The first-order valence-electron chi connectivity index (χ1n) is 10.3. The van der Waals surface area contributed by atoms with Crippen LogP contribution in [0, 0.1) is 0 Å². The van der Waals surface area contributed by atoms with E-state index in [-0.39, 0.29) is 30.1 Å². The lowest BCUT2D eigenvalue weighted by Crippen LogP contribution is -2.46. The smallest absolute Gasteiger partial charge is 0.336 e. The molecule has 2 aromatic heterocycles. The van der Waals surface area contributed by atoms with Crippen molar-refractivity contribution in [3.05, 3.63) is 75.4 Å². The van der Waals surface area contributed by atoms with E-state index in [1.165, 1.54) is 4.57 Å². The number of aromatic nitrogens is 2. The minimum atomic E-state index is -0.573. The molecule has 4 rings (SSSR count). The van der Waals surface area contributed by atoms with Crippen LogP contribution in [0.25, 0.3) is 27.8 Å². The lowest BCUT2D eigenvalue weighted by atomic mass is 10.2. The average molecular weight is 419 g/mol. The van der Waals surface area contributed by atoms with Crippen molar-refractivity contribution in [2.45, 2.75) is 46.3 Å². The van der Waals surface area contributed by atoms with Gasteiger partial charge in [-0.2, -0.15) is 0 Å². The standard InChI is InChI=1S/C24H25N3O4/c1-15(2)26(16(3)4)20(28)14-25-21-18-12-8-9-13-19(18)31-22(21)23(29)27(24(25)30)17-10-6-5-7-11-17/h5-13,15-16H,14H2,1-4H3. The molecule has 2 heterocycles. The van der Waals surface area contributed by atoms with Gasteiger partial charge in [0.1, 0.15) is 17.6 Å². The van der Waals surface area contributed by atoms with Crippen molar-refractivity contribution in [2.75, 3.05) is 0 Å². The topological polar surface area (TPSA) is 77.5 Å². The van der Waals surface area contributed by atoms with Gasteiger partial charge in [-0.15, -0.1) is 0 Å². The SMILES string of the molecule is CC(C)N(C(=O)Cn1c(=O)n(-c2ccccc2)c(=O)c2oc3ccccc3c21)C(C)C. The molecule has 7 nitrogen and oxygen atoms in total. The molecule has 0 N–H and O–H groups in total. The number of nitrogens with zero attached hydrogens (tertiary/aromatic N) is 3. The maximum Gasteiger partial charge on any atom is 0.336 e. The summed E-state index contributed by atoms with van der Waals surface area (Å²) >= 11 is 0. The van der Waals surface area contributed by atoms with Crippen molar-refractivity contribution >= 4 is 28.0 Å². The fraction of sp³-hybridized carbons (Fsp3) is 0.292. The van der Waals surface area contributed by atoms with Crippen LogP contribution >= 0.6 is 0 Å². The number of fused-ring (bicyclic) bond motifs is 3. The Kier molecular flexibility index (Phi) is 5.27. The summed E-state index contributed by atoms with van der Waals surface area (Å²) in [7, 11) is 0. The summed E-state index contributed by atoms with van der Waals surface area (Å²) in [5, 5.41) is 0.625. The quantitative estimate of drug-likeness (QED) is 0.496. The molecule has 0 saturated heterocycles. The first-order chi connectivity index (χ1) is 14.8. The summed E-state index contributed by atoms with van der Waals surface area (Å²) < 4.78 is 8.28. The molecule has 0 radical (unpaired) electrons. The summed E-state index contributed by atoms with van der Waals surface area (Å²) in [6.45, 7) is 7.56. The van der Waals surface area contributed by atoms with Gasteiger partial charge in [-0.05, 0) is 52.0 Å². The highest BCUT2D eigenvalue weighted by molar-refractivity contribution is 6.02. The van der Waals surface area contributed by atoms with E-state index < -0.39 is 11.2 Å². The third-order valence-electron chi connectivity index (χ3n) is 5.37.